The van der Waals surface area contributed by atoms with Gasteiger partial charge >= 0.3 is 0 Å². The maximum Gasteiger partial charge on any atom is 0.167 e. The predicted molar refractivity (Wildman–Crippen MR) is 132 cm³/mol. The van der Waals surface area contributed by atoms with E-state index in [1.165, 1.54) is 0 Å². The molecule has 1 saturated carbocycles. The maximum absolute atomic E-state index is 14.8. The first-order valence-corrected chi connectivity index (χ1v) is 12.2. The Morgan fingerprint density at radius 2 is 1.59 bits per heavy atom. The van der Waals surface area contributed by atoms with Gasteiger partial charge in [-0.25, -0.2) is 13.2 Å². The van der Waals surface area contributed by atoms with Gasteiger partial charge in [0.25, 0.3) is 0 Å². The summed E-state index contributed by atoms with van der Waals surface area (Å²) < 4.78 is 49.1. The monoisotopic (exact) mass is 464 g/mol. The van der Waals surface area contributed by atoms with Crippen LogP contribution in [0.2, 0.25) is 0 Å². The number of ether oxygens (including phenoxy) is 1. The minimum absolute atomic E-state index is 0.266. The number of benzene rings is 3. The highest BCUT2D eigenvalue weighted by Gasteiger charge is 2.22. The van der Waals surface area contributed by atoms with E-state index in [1.54, 1.807) is 30.3 Å². The largest absolute Gasteiger partial charge is 0.491 e. The van der Waals surface area contributed by atoms with E-state index in [4.69, 9.17) is 4.74 Å². The van der Waals surface area contributed by atoms with Crippen molar-refractivity contribution in [1.29, 1.82) is 0 Å². The van der Waals surface area contributed by atoms with Gasteiger partial charge in [-0.2, -0.15) is 0 Å². The molecule has 1 aliphatic rings. The molecular weight excluding hydrogens is 433 g/mol. The highest BCUT2D eigenvalue weighted by Crippen LogP contribution is 2.38. The molecule has 0 N–H and O–H groups in total. The van der Waals surface area contributed by atoms with Crippen molar-refractivity contribution in [1.82, 2.24) is 0 Å². The molecule has 0 heterocycles. The van der Waals surface area contributed by atoms with Crippen LogP contribution < -0.4 is 4.74 Å². The van der Waals surface area contributed by atoms with Gasteiger partial charge in [0, 0.05) is 11.1 Å². The van der Waals surface area contributed by atoms with Gasteiger partial charge < -0.3 is 4.74 Å². The fraction of sp³-hybridized carbons (Fsp3) is 0.333. The summed E-state index contributed by atoms with van der Waals surface area (Å²) in [5, 5.41) is 0. The molecule has 0 unspecified atom stereocenters. The highest BCUT2D eigenvalue weighted by molar-refractivity contribution is 5.67. The highest BCUT2D eigenvalue weighted by atomic mass is 19.2. The van der Waals surface area contributed by atoms with Crippen LogP contribution in [-0.2, 0) is 6.42 Å². The molecule has 3 aromatic rings. The van der Waals surface area contributed by atoms with E-state index in [0.717, 1.165) is 43.2 Å². The van der Waals surface area contributed by atoms with Gasteiger partial charge in [-0.15, -0.1) is 0 Å². The smallest absolute Gasteiger partial charge is 0.167 e. The molecule has 4 heteroatoms. The average Bonchev–Trinajstić information content (AvgIpc) is 2.87. The van der Waals surface area contributed by atoms with Crippen LogP contribution in [0.5, 0.6) is 5.75 Å². The third-order valence-corrected chi connectivity index (χ3v) is 6.83. The molecule has 4 rings (SSSR count). The zero-order chi connectivity index (χ0) is 24.1. The number of aryl methyl sites for hydroxylation is 1. The molecule has 178 valence electrons. The van der Waals surface area contributed by atoms with E-state index >= 15 is 0 Å². The quantitative estimate of drug-likeness (QED) is 0.340. The summed E-state index contributed by atoms with van der Waals surface area (Å²) in [6.07, 6.45) is 8.33. The topological polar surface area (TPSA) is 9.23 Å². The van der Waals surface area contributed by atoms with Crippen molar-refractivity contribution in [3.05, 3.63) is 94.8 Å². The number of allylic oxidation sites excluding steroid dienone is 1. The molecule has 1 fully saturated rings. The van der Waals surface area contributed by atoms with Crippen LogP contribution in [0.3, 0.4) is 0 Å². The minimum atomic E-state index is -0.813. The van der Waals surface area contributed by atoms with Crippen LogP contribution in [0.25, 0.3) is 17.2 Å². The third kappa shape index (κ3) is 5.38. The Balaban J connectivity index is 1.40. The second-order valence-corrected chi connectivity index (χ2v) is 8.97. The number of hydrogen-bond acceptors (Lipinski definition) is 1. The van der Waals surface area contributed by atoms with Crippen LogP contribution >= 0.6 is 0 Å². The van der Waals surface area contributed by atoms with Crippen LogP contribution in [0.1, 0.15) is 62.1 Å². The molecule has 0 aliphatic heterocycles. The summed E-state index contributed by atoms with van der Waals surface area (Å²) in [5.41, 5.74) is 3.38. The summed E-state index contributed by atoms with van der Waals surface area (Å²) in [7, 11) is 0. The van der Waals surface area contributed by atoms with E-state index < -0.39 is 11.6 Å². The molecule has 0 amide bonds. The number of halogens is 3. The lowest BCUT2D eigenvalue weighted by Gasteiger charge is -2.27. The van der Waals surface area contributed by atoms with Crippen LogP contribution in [0.15, 0.2) is 60.7 Å². The molecular formula is C30H31F3O. The van der Waals surface area contributed by atoms with E-state index in [1.807, 2.05) is 43.3 Å². The third-order valence-electron chi connectivity index (χ3n) is 6.83. The van der Waals surface area contributed by atoms with Gasteiger partial charge in [0.05, 0.1) is 6.61 Å². The van der Waals surface area contributed by atoms with Gasteiger partial charge in [0.2, 0.25) is 0 Å². The summed E-state index contributed by atoms with van der Waals surface area (Å²) in [5.74, 6) is -1.04. The normalized spacial score (nSPS) is 18.4. The van der Waals surface area contributed by atoms with Crippen LogP contribution in [-0.4, -0.2) is 6.61 Å². The first-order valence-electron chi connectivity index (χ1n) is 12.2. The van der Waals surface area contributed by atoms with Gasteiger partial charge in [-0.1, -0.05) is 61.5 Å². The molecule has 0 radical (unpaired) electrons. The Morgan fingerprint density at radius 1 is 0.853 bits per heavy atom. The summed E-state index contributed by atoms with van der Waals surface area (Å²) >= 11 is 0. The first kappa shape index (κ1) is 24.1. The number of hydrogen-bond donors (Lipinski definition) is 0. The standard InChI is InChI=1S/C30H31F3O/c1-3-20-5-12-23(13-6-20)26-17-15-24(29(32)30(26)33)14-9-21-7-10-22(11-8-21)25-16-18-28(34-4-2)27(31)19-25/h5-6,9,12-19,21-22H,3-4,7-8,10-11H2,1-2H3. The molecule has 0 spiro atoms. The maximum atomic E-state index is 14.8. The van der Waals surface area contributed by atoms with E-state index in [2.05, 4.69) is 6.92 Å². The minimum Gasteiger partial charge on any atom is -0.491 e. The van der Waals surface area contributed by atoms with Crippen molar-refractivity contribution < 1.29 is 17.9 Å². The second kappa shape index (κ2) is 10.9. The Hall–Kier alpha value is -3.01. The van der Waals surface area contributed by atoms with Crippen molar-refractivity contribution in [2.45, 2.75) is 51.9 Å². The zero-order valence-corrected chi connectivity index (χ0v) is 19.8. The van der Waals surface area contributed by atoms with Gasteiger partial charge in [-0.05, 0) is 79.7 Å². The summed E-state index contributed by atoms with van der Waals surface area (Å²) in [6.45, 7) is 4.33. The molecule has 34 heavy (non-hydrogen) atoms. The van der Waals surface area contributed by atoms with Crippen molar-refractivity contribution in [3.8, 4) is 16.9 Å². The molecule has 0 aromatic heterocycles. The Morgan fingerprint density at radius 3 is 2.24 bits per heavy atom. The zero-order valence-electron chi connectivity index (χ0n) is 19.8. The Kier molecular flexibility index (Phi) is 7.77. The lowest BCUT2D eigenvalue weighted by Crippen LogP contribution is -2.12. The Labute approximate surface area is 200 Å². The average molecular weight is 465 g/mol. The van der Waals surface area contributed by atoms with E-state index in [9.17, 15) is 13.2 Å². The summed E-state index contributed by atoms with van der Waals surface area (Å²) in [4.78, 5) is 0. The van der Waals surface area contributed by atoms with Gasteiger partial charge in [0.1, 0.15) is 0 Å². The molecule has 0 atom stereocenters. The fourth-order valence-electron chi connectivity index (χ4n) is 4.76. The molecule has 3 aromatic carbocycles. The fourth-order valence-corrected chi connectivity index (χ4v) is 4.76. The lowest BCUT2D eigenvalue weighted by atomic mass is 9.78. The van der Waals surface area contributed by atoms with Crippen molar-refractivity contribution >= 4 is 6.08 Å². The van der Waals surface area contributed by atoms with Crippen molar-refractivity contribution in [2.75, 3.05) is 6.61 Å². The predicted octanol–water partition coefficient (Wildman–Crippen LogP) is 8.72. The van der Waals surface area contributed by atoms with Crippen LogP contribution in [0, 0.1) is 23.4 Å². The van der Waals surface area contributed by atoms with E-state index in [0.29, 0.717) is 29.8 Å². The SMILES string of the molecule is CCOc1ccc(C2CCC(C=Cc3ccc(-c4ccc(CC)cc4)c(F)c3F)CC2)cc1F. The number of rotatable bonds is 7. The molecule has 0 bridgehead atoms. The second-order valence-electron chi connectivity index (χ2n) is 8.97. The van der Waals surface area contributed by atoms with Crippen LogP contribution in [0.4, 0.5) is 13.2 Å². The molecule has 1 nitrogen and oxygen atoms in total. The first-order chi connectivity index (χ1) is 16.5. The molecule has 1 aliphatic carbocycles. The van der Waals surface area contributed by atoms with Gasteiger partial charge in [-0.3, -0.25) is 0 Å². The van der Waals surface area contributed by atoms with Crippen molar-refractivity contribution in [2.24, 2.45) is 5.92 Å². The summed E-state index contributed by atoms with van der Waals surface area (Å²) in [6, 6.07) is 16.1. The van der Waals surface area contributed by atoms with Crippen molar-refractivity contribution in [3.63, 3.8) is 0 Å². The lowest BCUT2D eigenvalue weighted by molar-refractivity contribution is 0.320. The Bertz CT molecular complexity index is 1140. The van der Waals surface area contributed by atoms with E-state index in [-0.39, 0.29) is 16.9 Å². The molecule has 0 saturated heterocycles. The van der Waals surface area contributed by atoms with Gasteiger partial charge in [0.15, 0.2) is 23.2 Å².